The smallest absolute Gasteiger partial charge is 0.350 e. The fourth-order valence-corrected chi connectivity index (χ4v) is 4.10. The summed E-state index contributed by atoms with van der Waals surface area (Å²) in [6.45, 7) is 3.98. The van der Waals surface area contributed by atoms with E-state index in [4.69, 9.17) is 4.74 Å². The zero-order valence-corrected chi connectivity index (χ0v) is 15.0. The van der Waals surface area contributed by atoms with Crippen LogP contribution in [0.25, 0.3) is 0 Å². The van der Waals surface area contributed by atoms with Crippen LogP contribution in [-0.4, -0.2) is 55.1 Å². The lowest BCUT2D eigenvalue weighted by Crippen LogP contribution is -2.49. The zero-order chi connectivity index (χ0) is 16.9. The van der Waals surface area contributed by atoms with Gasteiger partial charge in [-0.3, -0.25) is 4.90 Å². The van der Waals surface area contributed by atoms with E-state index in [9.17, 15) is 9.59 Å². The molecule has 0 radical (unpaired) electrons. The van der Waals surface area contributed by atoms with Crippen molar-refractivity contribution in [3.63, 3.8) is 0 Å². The fraction of sp³-hybridized carbons (Fsp3) is 0.375. The predicted molar refractivity (Wildman–Crippen MR) is 95.8 cm³/mol. The highest BCUT2D eigenvalue weighted by atomic mass is 32.1. The Morgan fingerprint density at radius 2 is 1.96 bits per heavy atom. The molecule has 0 atom stereocenters. The van der Waals surface area contributed by atoms with Crippen molar-refractivity contribution in [2.45, 2.75) is 6.54 Å². The zero-order valence-electron chi connectivity index (χ0n) is 13.4. The molecule has 0 aromatic carbocycles. The second-order valence-electron chi connectivity index (χ2n) is 5.43. The molecule has 0 saturated carbocycles. The van der Waals surface area contributed by atoms with Gasteiger partial charge in [0.25, 0.3) is 0 Å². The van der Waals surface area contributed by atoms with Crippen LogP contribution in [0.3, 0.4) is 0 Å². The Morgan fingerprint density at radius 1 is 1.17 bits per heavy atom. The summed E-state index contributed by atoms with van der Waals surface area (Å²) in [5, 5.41) is 6.66. The summed E-state index contributed by atoms with van der Waals surface area (Å²) >= 11 is 3.01. The summed E-state index contributed by atoms with van der Waals surface area (Å²) < 4.78 is 4.73. The van der Waals surface area contributed by atoms with Crippen LogP contribution < -0.4 is 5.32 Å². The number of hydrogen-bond acceptors (Lipinski definition) is 6. The van der Waals surface area contributed by atoms with Gasteiger partial charge in [0, 0.05) is 37.6 Å². The lowest BCUT2D eigenvalue weighted by molar-refractivity contribution is 0.0607. The lowest BCUT2D eigenvalue weighted by atomic mass is 10.3. The molecule has 1 N–H and O–H groups in total. The van der Waals surface area contributed by atoms with E-state index in [1.54, 1.807) is 27.7 Å². The minimum Gasteiger partial charge on any atom is -0.465 e. The molecule has 6 nitrogen and oxygen atoms in total. The van der Waals surface area contributed by atoms with E-state index in [2.05, 4.69) is 27.7 Å². The first-order chi connectivity index (χ1) is 11.7. The number of methoxy groups -OCH3 is 1. The summed E-state index contributed by atoms with van der Waals surface area (Å²) in [7, 11) is 1.33. The average molecular weight is 365 g/mol. The van der Waals surface area contributed by atoms with Gasteiger partial charge in [-0.15, -0.1) is 22.7 Å². The number of nitrogens with zero attached hydrogens (tertiary/aromatic N) is 2. The van der Waals surface area contributed by atoms with Gasteiger partial charge < -0.3 is 15.0 Å². The van der Waals surface area contributed by atoms with Gasteiger partial charge in [0.05, 0.1) is 12.8 Å². The Balaban J connectivity index is 1.52. The molecule has 1 saturated heterocycles. The molecule has 8 heteroatoms. The Bertz CT molecular complexity index is 691. The number of urea groups is 1. The highest BCUT2D eigenvalue weighted by molar-refractivity contribution is 7.12. The predicted octanol–water partition coefficient (Wildman–Crippen LogP) is 2.95. The van der Waals surface area contributed by atoms with Crippen LogP contribution in [0.2, 0.25) is 0 Å². The quantitative estimate of drug-likeness (QED) is 0.846. The number of ether oxygens (including phenoxy) is 1. The Labute approximate surface area is 148 Å². The van der Waals surface area contributed by atoms with Gasteiger partial charge in [-0.05, 0) is 22.9 Å². The Kier molecular flexibility index (Phi) is 5.49. The topological polar surface area (TPSA) is 61.9 Å². The van der Waals surface area contributed by atoms with Gasteiger partial charge in [0.1, 0.15) is 4.88 Å². The van der Waals surface area contributed by atoms with Gasteiger partial charge in [0.15, 0.2) is 0 Å². The summed E-state index contributed by atoms with van der Waals surface area (Å²) in [5.74, 6) is -0.430. The molecular formula is C16H19N3O3S2. The van der Waals surface area contributed by atoms with Crippen LogP contribution >= 0.6 is 22.7 Å². The number of esters is 1. The third kappa shape index (κ3) is 3.95. The number of thiophene rings is 2. The van der Waals surface area contributed by atoms with Crippen LogP contribution in [0.4, 0.5) is 10.5 Å². The molecule has 2 aromatic heterocycles. The van der Waals surface area contributed by atoms with E-state index in [1.807, 2.05) is 0 Å². The van der Waals surface area contributed by atoms with E-state index in [-0.39, 0.29) is 6.03 Å². The Morgan fingerprint density at radius 3 is 2.62 bits per heavy atom. The van der Waals surface area contributed by atoms with Crippen molar-refractivity contribution in [1.29, 1.82) is 0 Å². The minimum absolute atomic E-state index is 0.172. The molecule has 0 unspecified atom stereocenters. The molecule has 2 aromatic rings. The molecule has 0 bridgehead atoms. The normalized spacial score (nSPS) is 15.3. The number of carbonyl (C=O) groups excluding carboxylic acids is 2. The first-order valence-corrected chi connectivity index (χ1v) is 9.40. The molecule has 3 heterocycles. The highest BCUT2D eigenvalue weighted by Gasteiger charge is 2.23. The standard InChI is InChI=1S/C16H19N3O3S2/c1-22-15(20)14-13(4-10-24-14)17-16(21)19-7-5-18(6-8-19)11-12-3-2-9-23-12/h2-4,9-10H,5-8,11H2,1H3,(H,17,21). The maximum Gasteiger partial charge on any atom is 0.350 e. The van der Waals surface area contributed by atoms with E-state index in [0.29, 0.717) is 23.7 Å². The highest BCUT2D eigenvalue weighted by Crippen LogP contribution is 2.23. The number of hydrogen-bond donors (Lipinski definition) is 1. The molecule has 1 aliphatic heterocycles. The van der Waals surface area contributed by atoms with E-state index in [0.717, 1.165) is 19.6 Å². The van der Waals surface area contributed by atoms with Crippen molar-refractivity contribution in [1.82, 2.24) is 9.80 Å². The van der Waals surface area contributed by atoms with Gasteiger partial charge in [-0.2, -0.15) is 0 Å². The molecule has 0 spiro atoms. The summed E-state index contributed by atoms with van der Waals surface area (Å²) in [4.78, 5) is 30.0. The van der Waals surface area contributed by atoms with Gasteiger partial charge >= 0.3 is 12.0 Å². The number of carbonyl (C=O) groups is 2. The maximum absolute atomic E-state index is 12.4. The van der Waals surface area contributed by atoms with Gasteiger partial charge in [-0.25, -0.2) is 9.59 Å². The van der Waals surface area contributed by atoms with Crippen molar-refractivity contribution < 1.29 is 14.3 Å². The number of rotatable bonds is 4. The molecule has 24 heavy (non-hydrogen) atoms. The first-order valence-electron chi connectivity index (χ1n) is 7.64. The fourth-order valence-electron chi connectivity index (χ4n) is 2.58. The van der Waals surface area contributed by atoms with Crippen LogP contribution in [0.5, 0.6) is 0 Å². The number of anilines is 1. The van der Waals surface area contributed by atoms with Gasteiger partial charge in [0.2, 0.25) is 0 Å². The molecule has 128 valence electrons. The number of amides is 2. The van der Waals surface area contributed by atoms with Crippen LogP contribution in [-0.2, 0) is 11.3 Å². The van der Waals surface area contributed by atoms with Crippen molar-refractivity contribution in [3.05, 3.63) is 38.7 Å². The Hall–Kier alpha value is -1.90. The van der Waals surface area contributed by atoms with Gasteiger partial charge in [-0.1, -0.05) is 6.07 Å². The lowest BCUT2D eigenvalue weighted by Gasteiger charge is -2.34. The minimum atomic E-state index is -0.430. The van der Waals surface area contributed by atoms with E-state index >= 15 is 0 Å². The second kappa shape index (κ2) is 7.78. The molecule has 1 aliphatic rings. The number of piperazine rings is 1. The van der Waals surface area contributed by atoms with Crippen LogP contribution in [0.1, 0.15) is 14.5 Å². The first kappa shape index (κ1) is 16.9. The third-order valence-corrected chi connectivity index (χ3v) is 5.65. The largest absolute Gasteiger partial charge is 0.465 e. The number of nitrogens with one attached hydrogen (secondary N) is 1. The van der Waals surface area contributed by atoms with Crippen molar-refractivity contribution in [2.24, 2.45) is 0 Å². The monoisotopic (exact) mass is 365 g/mol. The molecule has 3 rings (SSSR count). The van der Waals surface area contributed by atoms with Crippen molar-refractivity contribution in [3.8, 4) is 0 Å². The van der Waals surface area contributed by atoms with Crippen LogP contribution in [0.15, 0.2) is 29.0 Å². The average Bonchev–Trinajstić information content (AvgIpc) is 3.26. The van der Waals surface area contributed by atoms with Crippen molar-refractivity contribution in [2.75, 3.05) is 38.6 Å². The van der Waals surface area contributed by atoms with E-state index in [1.165, 1.54) is 23.3 Å². The van der Waals surface area contributed by atoms with Crippen LogP contribution in [0, 0.1) is 0 Å². The molecule has 0 aliphatic carbocycles. The second-order valence-corrected chi connectivity index (χ2v) is 7.38. The van der Waals surface area contributed by atoms with Crippen molar-refractivity contribution >= 4 is 40.4 Å². The molecule has 2 amide bonds. The molecular weight excluding hydrogens is 346 g/mol. The van der Waals surface area contributed by atoms with E-state index < -0.39 is 5.97 Å². The summed E-state index contributed by atoms with van der Waals surface area (Å²) in [5.41, 5.74) is 0.512. The molecule has 1 fully saturated rings. The third-order valence-electron chi connectivity index (χ3n) is 3.90. The SMILES string of the molecule is COC(=O)c1sccc1NC(=O)N1CCN(Cc2cccs2)CC1. The maximum atomic E-state index is 12.4. The summed E-state index contributed by atoms with van der Waals surface area (Å²) in [6.07, 6.45) is 0. The summed E-state index contributed by atoms with van der Waals surface area (Å²) in [6, 6.07) is 5.74.